The number of aliphatic hydroxyl groups is 1. The third kappa shape index (κ3) is 3.72. The lowest BCUT2D eigenvalue weighted by Crippen LogP contribution is -2.51. The highest BCUT2D eigenvalue weighted by molar-refractivity contribution is 6.19. The molecule has 0 atom stereocenters. The molecular formula is C13H21N3O4. The lowest BCUT2D eigenvalue weighted by atomic mass is 10.1. The quantitative estimate of drug-likeness (QED) is 0.351. The van der Waals surface area contributed by atoms with Gasteiger partial charge in [-0.1, -0.05) is 0 Å². The molecule has 1 saturated heterocycles. The summed E-state index contributed by atoms with van der Waals surface area (Å²) in [5.74, 6) is -0.501. The van der Waals surface area contributed by atoms with Gasteiger partial charge in [0.2, 0.25) is 0 Å². The van der Waals surface area contributed by atoms with Gasteiger partial charge in [0.1, 0.15) is 11.6 Å². The normalized spacial score (nSPS) is 16.6. The Labute approximate surface area is 118 Å². The number of Topliss-reactive ketones (excluding diaryl/α,β-unsaturated/α-hetero) is 1. The predicted octanol–water partition coefficient (Wildman–Crippen LogP) is 1.16. The van der Waals surface area contributed by atoms with Gasteiger partial charge in [-0.15, -0.1) is 0 Å². The number of ketones is 1. The highest BCUT2D eigenvalue weighted by Crippen LogP contribution is 2.12. The van der Waals surface area contributed by atoms with E-state index < -0.39 is 0 Å². The summed E-state index contributed by atoms with van der Waals surface area (Å²) in [6.07, 6.45) is -0.362. The molecule has 1 amide bonds. The molecule has 1 fully saturated rings. The summed E-state index contributed by atoms with van der Waals surface area (Å²) in [6, 6.07) is 0. The first-order chi connectivity index (χ1) is 9.38. The summed E-state index contributed by atoms with van der Waals surface area (Å²) >= 11 is 0. The zero-order valence-corrected chi connectivity index (χ0v) is 12.1. The summed E-state index contributed by atoms with van der Waals surface area (Å²) in [4.78, 5) is 26.2. The van der Waals surface area contributed by atoms with Crippen LogP contribution in [0.3, 0.4) is 0 Å². The van der Waals surface area contributed by atoms with Crippen molar-refractivity contribution < 1.29 is 19.4 Å². The Morgan fingerprint density at radius 1 is 1.15 bits per heavy atom. The van der Waals surface area contributed by atoms with E-state index in [1.54, 1.807) is 16.7 Å². The summed E-state index contributed by atoms with van der Waals surface area (Å²) in [5.41, 5.74) is 0.0228. The van der Waals surface area contributed by atoms with Crippen LogP contribution in [0.4, 0.5) is 4.79 Å². The molecule has 0 aromatic rings. The van der Waals surface area contributed by atoms with Gasteiger partial charge in [-0.25, -0.2) is 4.79 Å². The molecule has 112 valence electrons. The summed E-state index contributed by atoms with van der Waals surface area (Å²) in [5, 5.41) is 17.5. The fourth-order valence-electron chi connectivity index (χ4n) is 2.08. The lowest BCUT2D eigenvalue weighted by Gasteiger charge is -2.35. The molecule has 0 radical (unpaired) electrons. The van der Waals surface area contributed by atoms with Crippen molar-refractivity contribution in [2.75, 3.05) is 32.8 Å². The van der Waals surface area contributed by atoms with Crippen molar-refractivity contribution in [1.29, 1.82) is 5.41 Å². The predicted molar refractivity (Wildman–Crippen MR) is 73.9 cm³/mol. The summed E-state index contributed by atoms with van der Waals surface area (Å²) in [7, 11) is 0. The molecule has 1 aliphatic heterocycles. The maximum absolute atomic E-state index is 11.6. The van der Waals surface area contributed by atoms with Crippen LogP contribution in [0.25, 0.3) is 0 Å². The second-order valence-corrected chi connectivity index (χ2v) is 4.54. The average Bonchev–Trinajstić information content (AvgIpc) is 2.38. The van der Waals surface area contributed by atoms with Gasteiger partial charge in [-0.05, 0) is 20.8 Å². The second kappa shape index (κ2) is 6.93. The molecule has 0 spiro atoms. The van der Waals surface area contributed by atoms with Gasteiger partial charge < -0.3 is 19.6 Å². The zero-order valence-electron chi connectivity index (χ0n) is 12.1. The fourth-order valence-corrected chi connectivity index (χ4v) is 2.08. The first-order valence-electron chi connectivity index (χ1n) is 6.54. The second-order valence-electron chi connectivity index (χ2n) is 4.54. The molecule has 20 heavy (non-hydrogen) atoms. The number of aliphatic hydroxyl groups excluding tert-OH is 1. The number of ether oxygens (including phenoxy) is 1. The third-order valence-electron chi connectivity index (χ3n) is 3.07. The number of nitrogens with one attached hydrogen (secondary N) is 1. The van der Waals surface area contributed by atoms with Crippen LogP contribution in [-0.4, -0.2) is 65.4 Å². The van der Waals surface area contributed by atoms with Crippen molar-refractivity contribution in [2.24, 2.45) is 0 Å². The SMILES string of the molecule is CCOC(=O)N1CCN(C(=N)/C(C(C)=O)=C(/C)O)CC1. The number of rotatable bonds is 3. The number of amidine groups is 1. The highest BCUT2D eigenvalue weighted by atomic mass is 16.6. The summed E-state index contributed by atoms with van der Waals surface area (Å²) in [6.45, 7) is 6.50. The van der Waals surface area contributed by atoms with E-state index in [-0.39, 0.29) is 29.0 Å². The van der Waals surface area contributed by atoms with E-state index in [0.29, 0.717) is 32.8 Å². The third-order valence-corrected chi connectivity index (χ3v) is 3.07. The molecular weight excluding hydrogens is 262 g/mol. The standard InChI is InChI=1S/C13H21N3O4/c1-4-20-13(19)16-7-5-15(6-8-16)12(14)11(9(2)17)10(3)18/h14,17H,4-8H2,1-3H3/b11-9-,14-12?. The molecule has 0 saturated carbocycles. The van der Waals surface area contributed by atoms with Crippen LogP contribution < -0.4 is 0 Å². The number of piperazine rings is 1. The van der Waals surface area contributed by atoms with Crippen molar-refractivity contribution in [3.63, 3.8) is 0 Å². The Morgan fingerprint density at radius 2 is 1.65 bits per heavy atom. The minimum absolute atomic E-state index is 0.000934. The molecule has 1 rings (SSSR count). The fraction of sp³-hybridized carbons (Fsp3) is 0.615. The van der Waals surface area contributed by atoms with Gasteiger partial charge in [0.05, 0.1) is 12.2 Å². The maximum Gasteiger partial charge on any atom is 0.409 e. The topological polar surface area (TPSA) is 93.9 Å². The van der Waals surface area contributed by atoms with Gasteiger partial charge >= 0.3 is 6.09 Å². The first kappa shape index (κ1) is 16.0. The Balaban J connectivity index is 2.66. The minimum Gasteiger partial charge on any atom is -0.512 e. The van der Waals surface area contributed by atoms with Gasteiger partial charge in [0.25, 0.3) is 0 Å². The van der Waals surface area contributed by atoms with Crippen molar-refractivity contribution >= 4 is 17.7 Å². The van der Waals surface area contributed by atoms with Gasteiger partial charge in [-0.3, -0.25) is 10.2 Å². The molecule has 0 unspecified atom stereocenters. The lowest BCUT2D eigenvalue weighted by molar-refractivity contribution is -0.113. The molecule has 0 aliphatic carbocycles. The molecule has 1 heterocycles. The Kier molecular flexibility index (Phi) is 5.54. The van der Waals surface area contributed by atoms with E-state index in [1.165, 1.54) is 13.8 Å². The van der Waals surface area contributed by atoms with Crippen molar-refractivity contribution in [3.05, 3.63) is 11.3 Å². The van der Waals surface area contributed by atoms with Crippen molar-refractivity contribution in [1.82, 2.24) is 9.80 Å². The smallest absolute Gasteiger partial charge is 0.409 e. The largest absolute Gasteiger partial charge is 0.512 e. The van der Waals surface area contributed by atoms with Crippen molar-refractivity contribution in [3.8, 4) is 0 Å². The molecule has 0 aromatic heterocycles. The number of amides is 1. The first-order valence-corrected chi connectivity index (χ1v) is 6.54. The molecule has 7 nitrogen and oxygen atoms in total. The van der Waals surface area contributed by atoms with Crippen LogP contribution >= 0.6 is 0 Å². The van der Waals surface area contributed by atoms with E-state index in [2.05, 4.69) is 0 Å². The number of nitrogens with zero attached hydrogens (tertiary/aromatic N) is 2. The van der Waals surface area contributed by atoms with E-state index in [1.807, 2.05) is 0 Å². The van der Waals surface area contributed by atoms with E-state index in [4.69, 9.17) is 10.1 Å². The van der Waals surface area contributed by atoms with Crippen LogP contribution in [0.2, 0.25) is 0 Å². The van der Waals surface area contributed by atoms with E-state index in [9.17, 15) is 14.7 Å². The van der Waals surface area contributed by atoms with E-state index in [0.717, 1.165) is 0 Å². The Bertz CT molecular complexity index is 433. The van der Waals surface area contributed by atoms with Crippen LogP contribution in [0, 0.1) is 5.41 Å². The number of carbonyl (C=O) groups excluding carboxylic acids is 2. The summed E-state index contributed by atoms with van der Waals surface area (Å²) < 4.78 is 4.91. The Hall–Kier alpha value is -2.05. The van der Waals surface area contributed by atoms with Crippen LogP contribution in [0.1, 0.15) is 20.8 Å². The maximum atomic E-state index is 11.6. The van der Waals surface area contributed by atoms with Gasteiger partial charge in [0, 0.05) is 26.2 Å². The number of allylic oxidation sites excluding steroid dienone is 1. The number of carbonyl (C=O) groups is 2. The average molecular weight is 283 g/mol. The molecule has 0 aromatic carbocycles. The minimum atomic E-state index is -0.362. The molecule has 7 heteroatoms. The van der Waals surface area contributed by atoms with Crippen LogP contribution in [-0.2, 0) is 9.53 Å². The van der Waals surface area contributed by atoms with Crippen molar-refractivity contribution in [2.45, 2.75) is 20.8 Å². The van der Waals surface area contributed by atoms with Crippen LogP contribution in [0.5, 0.6) is 0 Å². The zero-order chi connectivity index (χ0) is 15.3. The monoisotopic (exact) mass is 283 g/mol. The molecule has 1 aliphatic rings. The number of hydrogen-bond donors (Lipinski definition) is 2. The Morgan fingerprint density at radius 3 is 2.05 bits per heavy atom. The van der Waals surface area contributed by atoms with Gasteiger partial charge in [0.15, 0.2) is 5.78 Å². The van der Waals surface area contributed by atoms with E-state index >= 15 is 0 Å². The number of hydrogen-bond acceptors (Lipinski definition) is 5. The highest BCUT2D eigenvalue weighted by Gasteiger charge is 2.26. The van der Waals surface area contributed by atoms with Crippen LogP contribution in [0.15, 0.2) is 11.3 Å². The molecule has 0 bridgehead atoms. The molecule has 2 N–H and O–H groups in total. The van der Waals surface area contributed by atoms with Gasteiger partial charge in [-0.2, -0.15) is 0 Å².